The van der Waals surface area contributed by atoms with Gasteiger partial charge in [0.15, 0.2) is 0 Å². The molecule has 0 saturated carbocycles. The smallest absolute Gasteiger partial charge is 0.311 e. The normalized spacial score (nSPS) is 12.1. The molecule has 0 radical (unpaired) electrons. The Hall–Kier alpha value is -3.45. The van der Waals surface area contributed by atoms with Crippen LogP contribution in [0.4, 0.5) is 5.69 Å². The molecule has 0 bridgehead atoms. The fourth-order valence-corrected chi connectivity index (χ4v) is 4.27. The number of non-ortho nitro benzene ring substituents is 1. The fourth-order valence-electron chi connectivity index (χ4n) is 3.91. The summed E-state index contributed by atoms with van der Waals surface area (Å²) >= 11 is 3.49. The molecule has 1 heterocycles. The number of fused-ring (bicyclic) bond motifs is 1. The molecule has 3 aromatic carbocycles. The van der Waals surface area contributed by atoms with E-state index in [0.29, 0.717) is 12.0 Å². The molecule has 7 heteroatoms. The maximum absolute atomic E-state index is 12.3. The van der Waals surface area contributed by atoms with Crippen molar-refractivity contribution in [2.75, 3.05) is 0 Å². The number of aryl methyl sites for hydroxylation is 1. The van der Waals surface area contributed by atoms with E-state index in [-0.39, 0.29) is 5.69 Å². The van der Waals surface area contributed by atoms with Gasteiger partial charge in [0.25, 0.3) is 5.69 Å². The largest absolute Gasteiger partial charge is 0.481 e. The molecule has 0 aliphatic rings. The molecule has 1 unspecified atom stereocenters. The number of hydrogen-bond acceptors (Lipinski definition) is 3. The van der Waals surface area contributed by atoms with Gasteiger partial charge in [0, 0.05) is 33.9 Å². The number of halogens is 1. The number of benzene rings is 3. The molecule has 1 atom stereocenters. The molecule has 0 fully saturated rings. The number of nitro groups is 1. The molecule has 6 nitrogen and oxygen atoms in total. The number of aromatic nitrogens is 1. The number of aliphatic carboxylic acids is 1. The van der Waals surface area contributed by atoms with E-state index in [1.54, 1.807) is 6.07 Å². The van der Waals surface area contributed by atoms with E-state index < -0.39 is 16.8 Å². The molecule has 0 saturated heterocycles. The van der Waals surface area contributed by atoms with Crippen LogP contribution in [0.5, 0.6) is 0 Å². The van der Waals surface area contributed by atoms with Gasteiger partial charge >= 0.3 is 5.97 Å². The van der Waals surface area contributed by atoms with Crippen molar-refractivity contribution in [1.29, 1.82) is 0 Å². The summed E-state index contributed by atoms with van der Waals surface area (Å²) in [4.78, 5) is 23.0. The monoisotopic (exact) mass is 478 g/mol. The average Bonchev–Trinajstić information content (AvgIpc) is 3.10. The maximum Gasteiger partial charge on any atom is 0.311 e. The Morgan fingerprint density at radius 3 is 2.52 bits per heavy atom. The first-order valence-corrected chi connectivity index (χ1v) is 10.5. The van der Waals surface area contributed by atoms with E-state index in [2.05, 4.69) is 15.9 Å². The van der Waals surface area contributed by atoms with Crippen molar-refractivity contribution in [3.8, 4) is 5.69 Å². The van der Waals surface area contributed by atoms with Crippen molar-refractivity contribution >= 4 is 38.5 Å². The van der Waals surface area contributed by atoms with Gasteiger partial charge in [-0.25, -0.2) is 0 Å². The number of carboxylic acid groups (broad SMARTS) is 1. The zero-order valence-corrected chi connectivity index (χ0v) is 18.2. The van der Waals surface area contributed by atoms with Gasteiger partial charge in [-0.15, -0.1) is 0 Å². The molecule has 31 heavy (non-hydrogen) atoms. The van der Waals surface area contributed by atoms with E-state index in [1.165, 1.54) is 12.1 Å². The lowest BCUT2D eigenvalue weighted by atomic mass is 9.92. The number of carboxylic acids is 1. The lowest BCUT2D eigenvalue weighted by Crippen LogP contribution is -2.14. The Labute approximate surface area is 187 Å². The van der Waals surface area contributed by atoms with E-state index in [4.69, 9.17) is 0 Å². The molecular weight excluding hydrogens is 460 g/mol. The molecular formula is C24H19BrN2O4. The summed E-state index contributed by atoms with van der Waals surface area (Å²) in [5, 5.41) is 22.0. The van der Waals surface area contributed by atoms with Crippen molar-refractivity contribution < 1.29 is 14.8 Å². The summed E-state index contributed by atoms with van der Waals surface area (Å²) in [6, 6.07) is 20.0. The van der Waals surface area contributed by atoms with Crippen LogP contribution in [0, 0.1) is 17.0 Å². The summed E-state index contributed by atoms with van der Waals surface area (Å²) in [7, 11) is 0. The first-order valence-electron chi connectivity index (χ1n) is 9.68. The highest BCUT2D eigenvalue weighted by molar-refractivity contribution is 9.10. The minimum Gasteiger partial charge on any atom is -0.481 e. The first kappa shape index (κ1) is 20.8. The number of hydrogen-bond donors (Lipinski definition) is 1. The van der Waals surface area contributed by atoms with Crippen molar-refractivity contribution in [2.24, 2.45) is 0 Å². The molecule has 0 spiro atoms. The van der Waals surface area contributed by atoms with Crippen LogP contribution in [0.2, 0.25) is 0 Å². The quantitative estimate of drug-likeness (QED) is 0.271. The van der Waals surface area contributed by atoms with Crippen molar-refractivity contribution in [3.63, 3.8) is 0 Å². The molecule has 1 aromatic heterocycles. The SMILES string of the molecule is Cc1cc([N+](=O)[O-])ccc1-n1cc(C(Cc2ccccc2)C(=O)O)c2cc(Br)ccc21. The lowest BCUT2D eigenvalue weighted by Gasteiger charge is -2.12. The van der Waals surface area contributed by atoms with Gasteiger partial charge in [-0.2, -0.15) is 0 Å². The van der Waals surface area contributed by atoms with E-state index in [0.717, 1.165) is 32.2 Å². The Morgan fingerprint density at radius 1 is 1.13 bits per heavy atom. The van der Waals surface area contributed by atoms with Gasteiger partial charge in [-0.05, 0) is 54.3 Å². The molecule has 0 aliphatic carbocycles. The molecule has 156 valence electrons. The Kier molecular flexibility index (Phi) is 5.61. The van der Waals surface area contributed by atoms with Crippen LogP contribution < -0.4 is 0 Å². The Bertz CT molecular complexity index is 1300. The molecule has 1 N–H and O–H groups in total. The summed E-state index contributed by atoms with van der Waals surface area (Å²) in [5.74, 6) is -1.64. The summed E-state index contributed by atoms with van der Waals surface area (Å²) in [5.41, 5.74) is 4.01. The Balaban J connectivity index is 1.90. The van der Waals surface area contributed by atoms with Crippen LogP contribution in [0.3, 0.4) is 0 Å². The minimum absolute atomic E-state index is 0.0215. The van der Waals surface area contributed by atoms with Gasteiger partial charge in [-0.3, -0.25) is 14.9 Å². The number of nitrogens with zero attached hydrogens (tertiary/aromatic N) is 2. The predicted octanol–water partition coefficient (Wildman–Crippen LogP) is 6.02. The van der Waals surface area contributed by atoms with Crippen LogP contribution in [0.1, 0.15) is 22.6 Å². The highest BCUT2D eigenvalue weighted by Crippen LogP contribution is 2.35. The highest BCUT2D eigenvalue weighted by Gasteiger charge is 2.26. The van der Waals surface area contributed by atoms with Crippen LogP contribution in [0.15, 0.2) is 77.4 Å². The van der Waals surface area contributed by atoms with Gasteiger partial charge in [0.05, 0.1) is 16.4 Å². The molecule has 4 rings (SSSR count). The standard InChI is InChI=1S/C24H19BrN2O4/c1-15-11-18(27(30)31)8-10-22(15)26-14-21(19-13-17(25)7-9-23(19)26)20(24(28)29)12-16-5-3-2-4-6-16/h2-11,13-14,20H,12H2,1H3,(H,28,29). The summed E-state index contributed by atoms with van der Waals surface area (Å²) < 4.78 is 2.76. The summed E-state index contributed by atoms with van der Waals surface area (Å²) in [6.07, 6.45) is 2.20. The second kappa shape index (κ2) is 8.35. The van der Waals surface area contributed by atoms with Crippen molar-refractivity contribution in [2.45, 2.75) is 19.3 Å². The number of rotatable bonds is 6. The third-order valence-corrected chi connectivity index (χ3v) is 5.90. The van der Waals surface area contributed by atoms with Gasteiger partial charge in [-0.1, -0.05) is 46.3 Å². The van der Waals surface area contributed by atoms with Crippen molar-refractivity contribution in [1.82, 2.24) is 4.57 Å². The number of carbonyl (C=O) groups is 1. The predicted molar refractivity (Wildman–Crippen MR) is 123 cm³/mol. The summed E-state index contributed by atoms with van der Waals surface area (Å²) in [6.45, 7) is 1.81. The zero-order valence-electron chi connectivity index (χ0n) is 16.7. The first-order chi connectivity index (χ1) is 14.8. The third kappa shape index (κ3) is 4.09. The second-order valence-electron chi connectivity index (χ2n) is 7.42. The van der Waals surface area contributed by atoms with E-state index in [9.17, 15) is 20.0 Å². The van der Waals surface area contributed by atoms with Crippen LogP contribution >= 0.6 is 15.9 Å². The lowest BCUT2D eigenvalue weighted by molar-refractivity contribution is -0.384. The highest BCUT2D eigenvalue weighted by atomic mass is 79.9. The van der Waals surface area contributed by atoms with Gasteiger partial charge < -0.3 is 9.67 Å². The van der Waals surface area contributed by atoms with E-state index >= 15 is 0 Å². The van der Waals surface area contributed by atoms with E-state index in [1.807, 2.05) is 66.2 Å². The minimum atomic E-state index is -0.900. The van der Waals surface area contributed by atoms with Crippen LogP contribution in [-0.4, -0.2) is 20.6 Å². The Morgan fingerprint density at radius 2 is 1.87 bits per heavy atom. The topological polar surface area (TPSA) is 85.4 Å². The molecule has 4 aromatic rings. The average molecular weight is 479 g/mol. The zero-order chi connectivity index (χ0) is 22.1. The molecule has 0 aliphatic heterocycles. The molecule has 0 amide bonds. The van der Waals surface area contributed by atoms with Gasteiger partial charge in [0.1, 0.15) is 0 Å². The number of nitro benzene ring substituents is 1. The van der Waals surface area contributed by atoms with Gasteiger partial charge in [0.2, 0.25) is 0 Å². The third-order valence-electron chi connectivity index (χ3n) is 5.40. The van der Waals surface area contributed by atoms with Crippen molar-refractivity contribution in [3.05, 3.63) is 104 Å². The maximum atomic E-state index is 12.3. The fraction of sp³-hybridized carbons (Fsp3) is 0.125. The van der Waals surface area contributed by atoms with Crippen LogP contribution in [0.25, 0.3) is 16.6 Å². The van der Waals surface area contributed by atoms with Crippen LogP contribution in [-0.2, 0) is 11.2 Å². The second-order valence-corrected chi connectivity index (χ2v) is 8.34.